The van der Waals surface area contributed by atoms with E-state index in [2.05, 4.69) is 28.9 Å². The number of nitrogens with zero attached hydrogens (tertiary/aromatic N) is 2. The Bertz CT molecular complexity index is 438. The smallest absolute Gasteiger partial charge is 0.0572 e. The number of hydrogen-bond acceptors (Lipinski definition) is 3. The van der Waals surface area contributed by atoms with Gasteiger partial charge in [-0.2, -0.15) is 0 Å². The Morgan fingerprint density at radius 3 is 2.43 bits per heavy atom. The predicted molar refractivity (Wildman–Crippen MR) is 88.4 cm³/mol. The van der Waals surface area contributed by atoms with Crippen LogP contribution < -0.4 is 10.6 Å². The Labute approximate surface area is 128 Å². The monoisotopic (exact) mass is 287 g/mol. The average Bonchev–Trinajstić information content (AvgIpc) is 2.56. The zero-order valence-electron chi connectivity index (χ0n) is 13.4. The van der Waals surface area contributed by atoms with Crippen LogP contribution in [0.4, 0.5) is 5.69 Å². The zero-order valence-corrected chi connectivity index (χ0v) is 13.4. The lowest BCUT2D eigenvalue weighted by molar-refractivity contribution is 0.144. The fourth-order valence-corrected chi connectivity index (χ4v) is 4.05. The van der Waals surface area contributed by atoms with Crippen molar-refractivity contribution in [2.75, 3.05) is 18.0 Å². The van der Waals surface area contributed by atoms with Crippen molar-refractivity contribution in [1.82, 2.24) is 4.98 Å². The van der Waals surface area contributed by atoms with Gasteiger partial charge in [-0.1, -0.05) is 26.2 Å². The van der Waals surface area contributed by atoms with Crippen LogP contribution in [0.1, 0.15) is 70.0 Å². The molecule has 0 bridgehead atoms. The highest BCUT2D eigenvalue weighted by Gasteiger charge is 2.35. The highest BCUT2D eigenvalue weighted by atomic mass is 15.1. The molecule has 1 aliphatic carbocycles. The molecule has 1 aliphatic heterocycles. The quantitative estimate of drug-likeness (QED) is 0.912. The minimum absolute atomic E-state index is 0.0749. The van der Waals surface area contributed by atoms with Gasteiger partial charge >= 0.3 is 0 Å². The molecule has 1 saturated heterocycles. The third-order valence-electron chi connectivity index (χ3n) is 5.69. The van der Waals surface area contributed by atoms with Crippen molar-refractivity contribution in [3.8, 4) is 0 Å². The van der Waals surface area contributed by atoms with Crippen LogP contribution in [-0.2, 0) is 0 Å². The van der Waals surface area contributed by atoms with E-state index in [1.54, 1.807) is 0 Å². The van der Waals surface area contributed by atoms with E-state index in [-0.39, 0.29) is 6.04 Å². The van der Waals surface area contributed by atoms with Crippen LogP contribution in [0.3, 0.4) is 0 Å². The van der Waals surface area contributed by atoms with Gasteiger partial charge in [0.25, 0.3) is 0 Å². The van der Waals surface area contributed by atoms with Crippen molar-refractivity contribution in [3.63, 3.8) is 0 Å². The van der Waals surface area contributed by atoms with Crippen molar-refractivity contribution >= 4 is 5.69 Å². The minimum Gasteiger partial charge on any atom is -0.370 e. The third kappa shape index (κ3) is 3.23. The number of pyridine rings is 1. The van der Waals surface area contributed by atoms with Crippen molar-refractivity contribution in [3.05, 3.63) is 24.0 Å². The highest BCUT2D eigenvalue weighted by Crippen LogP contribution is 2.45. The van der Waals surface area contributed by atoms with Gasteiger partial charge in [0.15, 0.2) is 0 Å². The largest absolute Gasteiger partial charge is 0.370 e. The molecule has 3 rings (SSSR count). The molecule has 1 spiro atoms. The molecular formula is C18H29N3. The Kier molecular flexibility index (Phi) is 4.48. The topological polar surface area (TPSA) is 42.1 Å². The first-order valence-electron chi connectivity index (χ1n) is 8.69. The first-order valence-corrected chi connectivity index (χ1v) is 8.69. The lowest BCUT2D eigenvalue weighted by Gasteiger charge is -2.45. The fraction of sp³-hybridized carbons (Fsp3) is 0.722. The molecule has 0 amide bonds. The SMILES string of the molecule is CC[C@@H](N)c1ccc(N2CCC3(CCCCC3)CC2)cn1. The van der Waals surface area contributed by atoms with Gasteiger partial charge in [-0.15, -0.1) is 0 Å². The summed E-state index contributed by atoms with van der Waals surface area (Å²) < 4.78 is 0. The van der Waals surface area contributed by atoms with E-state index in [9.17, 15) is 0 Å². The van der Waals surface area contributed by atoms with Crippen molar-refractivity contribution < 1.29 is 0 Å². The van der Waals surface area contributed by atoms with Crippen molar-refractivity contribution in [1.29, 1.82) is 0 Å². The van der Waals surface area contributed by atoms with Gasteiger partial charge in [0.2, 0.25) is 0 Å². The second-order valence-corrected chi connectivity index (χ2v) is 7.00. The molecule has 21 heavy (non-hydrogen) atoms. The number of nitrogens with two attached hydrogens (primary N) is 1. The van der Waals surface area contributed by atoms with E-state index in [0.717, 1.165) is 12.1 Å². The normalized spacial score (nSPS) is 23.2. The molecule has 1 aromatic rings. The molecule has 1 atom stereocenters. The average molecular weight is 287 g/mol. The van der Waals surface area contributed by atoms with Gasteiger partial charge < -0.3 is 10.6 Å². The zero-order chi connectivity index (χ0) is 14.7. The Morgan fingerprint density at radius 1 is 1.14 bits per heavy atom. The van der Waals surface area contributed by atoms with E-state index >= 15 is 0 Å². The summed E-state index contributed by atoms with van der Waals surface area (Å²) in [5.74, 6) is 0. The summed E-state index contributed by atoms with van der Waals surface area (Å²) in [4.78, 5) is 7.07. The standard InChI is InChI=1S/C18H29N3/c1-2-16(19)17-7-6-15(14-20-17)21-12-10-18(11-13-21)8-4-3-5-9-18/h6-7,14,16H,2-5,8-13,19H2,1H3/t16-/m1/s1. The lowest BCUT2D eigenvalue weighted by Crippen LogP contribution is -2.41. The molecule has 1 aromatic heterocycles. The van der Waals surface area contributed by atoms with Gasteiger partial charge in [0.1, 0.15) is 0 Å². The van der Waals surface area contributed by atoms with E-state index in [4.69, 9.17) is 5.73 Å². The Hall–Kier alpha value is -1.09. The van der Waals surface area contributed by atoms with Crippen LogP contribution in [-0.4, -0.2) is 18.1 Å². The van der Waals surface area contributed by atoms with Gasteiger partial charge in [0, 0.05) is 19.1 Å². The Morgan fingerprint density at radius 2 is 1.86 bits per heavy atom. The number of piperidine rings is 1. The molecule has 0 unspecified atom stereocenters. The summed E-state index contributed by atoms with van der Waals surface area (Å²) in [6.45, 7) is 4.50. The van der Waals surface area contributed by atoms with E-state index in [0.29, 0.717) is 5.41 Å². The second kappa shape index (κ2) is 6.35. The van der Waals surface area contributed by atoms with Gasteiger partial charge in [0.05, 0.1) is 17.6 Å². The molecule has 2 N–H and O–H groups in total. The van der Waals surface area contributed by atoms with Crippen molar-refractivity contribution in [2.45, 2.75) is 64.3 Å². The molecule has 3 nitrogen and oxygen atoms in total. The molecule has 3 heteroatoms. The summed E-state index contributed by atoms with van der Waals surface area (Å²) in [6, 6.07) is 4.39. The van der Waals surface area contributed by atoms with Gasteiger partial charge in [-0.25, -0.2) is 0 Å². The van der Waals surface area contributed by atoms with Crippen LogP contribution in [0.15, 0.2) is 18.3 Å². The maximum absolute atomic E-state index is 6.04. The minimum atomic E-state index is 0.0749. The Balaban J connectivity index is 1.61. The molecule has 2 aliphatic rings. The molecule has 2 heterocycles. The summed E-state index contributed by atoms with van der Waals surface area (Å²) in [6.07, 6.45) is 13.0. The first kappa shape index (κ1) is 14.8. The number of rotatable bonds is 3. The first-order chi connectivity index (χ1) is 10.2. The number of anilines is 1. The third-order valence-corrected chi connectivity index (χ3v) is 5.69. The maximum atomic E-state index is 6.04. The van der Waals surface area contributed by atoms with Crippen LogP contribution in [0.25, 0.3) is 0 Å². The highest BCUT2D eigenvalue weighted by molar-refractivity contribution is 5.45. The van der Waals surface area contributed by atoms with Gasteiger partial charge in [-0.3, -0.25) is 4.98 Å². The lowest BCUT2D eigenvalue weighted by atomic mass is 9.68. The van der Waals surface area contributed by atoms with Crippen LogP contribution in [0.2, 0.25) is 0 Å². The van der Waals surface area contributed by atoms with E-state index in [1.165, 1.54) is 63.7 Å². The fourth-order valence-electron chi connectivity index (χ4n) is 4.05. The molecule has 1 saturated carbocycles. The predicted octanol–water partition coefficient (Wildman–Crippen LogP) is 4.04. The van der Waals surface area contributed by atoms with Crippen LogP contribution >= 0.6 is 0 Å². The molecule has 2 fully saturated rings. The summed E-state index contributed by atoms with van der Waals surface area (Å²) in [7, 11) is 0. The van der Waals surface area contributed by atoms with E-state index < -0.39 is 0 Å². The van der Waals surface area contributed by atoms with Crippen LogP contribution in [0.5, 0.6) is 0 Å². The summed E-state index contributed by atoms with van der Waals surface area (Å²) in [5.41, 5.74) is 9.00. The number of aromatic nitrogens is 1. The molecule has 0 aromatic carbocycles. The molecule has 116 valence electrons. The summed E-state index contributed by atoms with van der Waals surface area (Å²) >= 11 is 0. The van der Waals surface area contributed by atoms with Crippen LogP contribution in [0, 0.1) is 5.41 Å². The van der Waals surface area contributed by atoms with Crippen molar-refractivity contribution in [2.24, 2.45) is 11.1 Å². The number of hydrogen-bond donors (Lipinski definition) is 1. The van der Waals surface area contributed by atoms with E-state index in [1.807, 2.05) is 6.20 Å². The molecule has 0 radical (unpaired) electrons. The molecular weight excluding hydrogens is 258 g/mol. The second-order valence-electron chi connectivity index (χ2n) is 7.00. The van der Waals surface area contributed by atoms with Gasteiger partial charge in [-0.05, 0) is 49.7 Å². The maximum Gasteiger partial charge on any atom is 0.0572 e. The summed E-state index contributed by atoms with van der Waals surface area (Å²) in [5, 5.41) is 0.